The highest BCUT2D eigenvalue weighted by Crippen LogP contribution is 2.63. The van der Waals surface area contributed by atoms with Crippen LogP contribution in [0.15, 0.2) is 35.5 Å². The molecule has 42 heavy (non-hydrogen) atoms. The van der Waals surface area contributed by atoms with E-state index < -0.39 is 24.0 Å². The Bertz CT molecular complexity index is 1600. The Morgan fingerprint density at radius 1 is 1.17 bits per heavy atom. The van der Waals surface area contributed by atoms with E-state index in [0.29, 0.717) is 40.6 Å². The van der Waals surface area contributed by atoms with E-state index in [-0.39, 0.29) is 21.8 Å². The molecule has 10 nitrogen and oxygen atoms in total. The molecule has 12 heteroatoms. The first-order chi connectivity index (χ1) is 19.5. The summed E-state index contributed by atoms with van der Waals surface area (Å²) in [6.45, 7) is 16.1. The van der Waals surface area contributed by atoms with Gasteiger partial charge in [-0.05, 0) is 67.5 Å². The predicted molar refractivity (Wildman–Crippen MR) is 164 cm³/mol. The third-order valence-corrected chi connectivity index (χ3v) is 14.9. The van der Waals surface area contributed by atoms with Crippen molar-refractivity contribution in [3.63, 3.8) is 0 Å². The molecule has 0 bridgehead atoms. The molecule has 1 amide bonds. The van der Waals surface area contributed by atoms with Crippen LogP contribution in [0.25, 0.3) is 5.82 Å². The number of sulfonamides is 1. The van der Waals surface area contributed by atoms with Gasteiger partial charge in [-0.2, -0.15) is 5.10 Å². The molecule has 3 aromatic rings. The number of aromatic nitrogens is 5. The average Bonchev–Trinajstić information content (AvgIpc) is 3.25. The van der Waals surface area contributed by atoms with Gasteiger partial charge >= 0.3 is 0 Å². The Morgan fingerprint density at radius 3 is 2.45 bits per heavy atom. The molecule has 0 radical (unpaired) electrons. The summed E-state index contributed by atoms with van der Waals surface area (Å²) in [6.07, 6.45) is 8.69. The van der Waals surface area contributed by atoms with Gasteiger partial charge in [0.2, 0.25) is 5.88 Å². The summed E-state index contributed by atoms with van der Waals surface area (Å²) >= 11 is 0. The minimum atomic E-state index is -4.12. The van der Waals surface area contributed by atoms with E-state index in [1.54, 1.807) is 30.8 Å². The van der Waals surface area contributed by atoms with Crippen molar-refractivity contribution in [3.05, 3.63) is 47.5 Å². The number of amides is 1. The summed E-state index contributed by atoms with van der Waals surface area (Å²) in [7, 11) is -3.72. The van der Waals surface area contributed by atoms with Gasteiger partial charge in [0.15, 0.2) is 5.82 Å². The SMILES string of the molecule is Cc1nn(C)cc1S(=O)(=O)NC(=O)c1ccc(-n2ccc(OCCC3([Si](C)(C)C)CC3)n2)nc1C1C[C@@H](C)CC1(C)C. The van der Waals surface area contributed by atoms with Gasteiger partial charge < -0.3 is 4.74 Å². The van der Waals surface area contributed by atoms with E-state index in [2.05, 4.69) is 55.3 Å². The van der Waals surface area contributed by atoms with Crippen molar-refractivity contribution in [2.75, 3.05) is 6.61 Å². The molecular formula is C30H44N6O4SSi. The topological polar surface area (TPSA) is 121 Å². The third kappa shape index (κ3) is 5.92. The lowest BCUT2D eigenvalue weighted by molar-refractivity contribution is 0.0978. The van der Waals surface area contributed by atoms with Crippen LogP contribution in [0.5, 0.6) is 5.88 Å². The first kappa shape index (κ1) is 30.5. The molecule has 2 aliphatic rings. The van der Waals surface area contributed by atoms with Crippen LogP contribution >= 0.6 is 0 Å². The van der Waals surface area contributed by atoms with Gasteiger partial charge in [0.25, 0.3) is 15.9 Å². The summed E-state index contributed by atoms with van der Waals surface area (Å²) in [5, 5.41) is 9.22. The zero-order valence-electron chi connectivity index (χ0n) is 26.1. The Labute approximate surface area is 250 Å². The molecule has 2 fully saturated rings. The van der Waals surface area contributed by atoms with Crippen LogP contribution in [0.3, 0.4) is 0 Å². The number of hydrogen-bond donors (Lipinski definition) is 1. The van der Waals surface area contributed by atoms with E-state index in [9.17, 15) is 13.2 Å². The van der Waals surface area contributed by atoms with Crippen molar-refractivity contribution in [2.45, 2.75) is 95.3 Å². The largest absolute Gasteiger partial charge is 0.477 e. The summed E-state index contributed by atoms with van der Waals surface area (Å²) in [5.41, 5.74) is 1.04. The Morgan fingerprint density at radius 2 is 1.88 bits per heavy atom. The summed E-state index contributed by atoms with van der Waals surface area (Å²) in [4.78, 5) is 18.5. The van der Waals surface area contributed by atoms with Gasteiger partial charge in [-0.1, -0.05) is 40.4 Å². The van der Waals surface area contributed by atoms with Crippen molar-refractivity contribution in [1.82, 2.24) is 29.3 Å². The fourth-order valence-corrected chi connectivity index (χ4v) is 10.5. The highest BCUT2D eigenvalue weighted by atomic mass is 32.2. The quantitative estimate of drug-likeness (QED) is 0.296. The van der Waals surface area contributed by atoms with Gasteiger partial charge in [0.1, 0.15) is 4.90 Å². The van der Waals surface area contributed by atoms with Gasteiger partial charge in [0.05, 0.1) is 31.6 Å². The Hall–Kier alpha value is -2.99. The molecule has 2 atom stereocenters. The minimum absolute atomic E-state index is 0.0270. The number of pyridine rings is 1. The number of carbonyl (C=O) groups excluding carboxylic acids is 1. The molecular weight excluding hydrogens is 569 g/mol. The van der Waals surface area contributed by atoms with E-state index >= 15 is 0 Å². The molecule has 228 valence electrons. The van der Waals surface area contributed by atoms with E-state index in [1.165, 1.54) is 23.7 Å². The summed E-state index contributed by atoms with van der Waals surface area (Å²) < 4.78 is 37.6. The minimum Gasteiger partial charge on any atom is -0.477 e. The van der Waals surface area contributed by atoms with Crippen LogP contribution in [0.2, 0.25) is 24.7 Å². The standard InChI is InChI=1S/C30H44N6O4SSi/c1-20-17-23(29(3,4)18-20)27-22(28(37)34-41(38,39)24-19-35(5)32-21(24)2)9-10-25(31-27)36-15-11-26(33-36)40-16-14-30(12-13-30)42(6,7)8/h9-11,15,19-20,23H,12-14,16-18H2,1-8H3,(H,34,37)/t20-,23?/m1/s1. The zero-order valence-corrected chi connectivity index (χ0v) is 27.9. The number of nitrogens with zero attached hydrogens (tertiary/aromatic N) is 5. The smallest absolute Gasteiger partial charge is 0.267 e. The number of rotatable bonds is 10. The molecule has 5 rings (SSSR count). The molecule has 1 N–H and O–H groups in total. The molecule has 0 aliphatic heterocycles. The number of nitrogens with one attached hydrogen (secondary N) is 1. The Balaban J connectivity index is 1.41. The number of ether oxygens (including phenoxy) is 1. The maximum absolute atomic E-state index is 13.6. The monoisotopic (exact) mass is 612 g/mol. The van der Waals surface area contributed by atoms with Crippen LogP contribution in [0, 0.1) is 18.3 Å². The second-order valence-corrected chi connectivity index (χ2v) is 21.3. The zero-order chi connectivity index (χ0) is 30.7. The van der Waals surface area contributed by atoms with E-state index in [0.717, 1.165) is 19.3 Å². The lowest BCUT2D eigenvalue weighted by Gasteiger charge is -2.28. The number of carbonyl (C=O) groups is 1. The molecule has 3 aromatic heterocycles. The Kier molecular flexibility index (Phi) is 7.70. The first-order valence-corrected chi connectivity index (χ1v) is 19.8. The summed E-state index contributed by atoms with van der Waals surface area (Å²) in [6, 6.07) is 5.19. The molecule has 0 aromatic carbocycles. The second kappa shape index (κ2) is 10.6. The van der Waals surface area contributed by atoms with Gasteiger partial charge in [-0.3, -0.25) is 9.48 Å². The number of hydrogen-bond acceptors (Lipinski definition) is 7. The molecule has 2 saturated carbocycles. The van der Waals surface area contributed by atoms with Gasteiger partial charge in [0, 0.05) is 31.4 Å². The van der Waals surface area contributed by atoms with E-state index in [4.69, 9.17) is 9.72 Å². The van der Waals surface area contributed by atoms with Crippen LogP contribution in [0.1, 0.15) is 80.5 Å². The fourth-order valence-electron chi connectivity index (χ4n) is 6.84. The fraction of sp³-hybridized carbons (Fsp3) is 0.600. The molecule has 0 saturated heterocycles. The molecule has 3 heterocycles. The first-order valence-electron chi connectivity index (χ1n) is 14.8. The van der Waals surface area contributed by atoms with Crippen molar-refractivity contribution >= 4 is 24.0 Å². The maximum Gasteiger partial charge on any atom is 0.267 e. The highest BCUT2D eigenvalue weighted by Gasteiger charge is 2.52. The highest BCUT2D eigenvalue weighted by molar-refractivity contribution is 7.90. The third-order valence-electron chi connectivity index (χ3n) is 9.50. The average molecular weight is 613 g/mol. The van der Waals surface area contributed by atoms with Crippen molar-refractivity contribution in [1.29, 1.82) is 0 Å². The van der Waals surface area contributed by atoms with Gasteiger partial charge in [-0.25, -0.2) is 22.8 Å². The van der Waals surface area contributed by atoms with E-state index in [1.807, 2.05) is 12.3 Å². The normalized spacial score (nSPS) is 21.3. The predicted octanol–water partition coefficient (Wildman–Crippen LogP) is 5.61. The second-order valence-electron chi connectivity index (χ2n) is 14.1. The molecule has 1 unspecified atom stereocenters. The van der Waals surface area contributed by atoms with Crippen LogP contribution in [-0.2, 0) is 17.1 Å². The van der Waals surface area contributed by atoms with Crippen molar-refractivity contribution in [2.24, 2.45) is 18.4 Å². The van der Waals surface area contributed by atoms with Crippen molar-refractivity contribution in [3.8, 4) is 11.7 Å². The maximum atomic E-state index is 13.6. The van der Waals surface area contributed by atoms with Crippen LogP contribution in [0.4, 0.5) is 0 Å². The van der Waals surface area contributed by atoms with Crippen LogP contribution in [-0.4, -0.2) is 53.6 Å². The van der Waals surface area contributed by atoms with Crippen molar-refractivity contribution < 1.29 is 17.9 Å². The molecule has 0 spiro atoms. The lowest BCUT2D eigenvalue weighted by Crippen LogP contribution is -2.33. The molecule has 2 aliphatic carbocycles. The number of aryl methyl sites for hydroxylation is 2. The van der Waals surface area contributed by atoms with Crippen LogP contribution < -0.4 is 9.46 Å². The van der Waals surface area contributed by atoms with Gasteiger partial charge in [-0.15, -0.1) is 5.10 Å². The lowest BCUT2D eigenvalue weighted by atomic mass is 9.78. The summed E-state index contributed by atoms with van der Waals surface area (Å²) in [5.74, 6) is 0.809.